The molecule has 166 valence electrons. The third-order valence-electron chi connectivity index (χ3n) is 5.09. The smallest absolute Gasteiger partial charge is 0.221 e. The molecule has 3 N–H and O–H groups in total. The topological polar surface area (TPSA) is 80.5 Å². The van der Waals surface area contributed by atoms with Crippen LogP contribution >= 0.6 is 24.8 Å². The number of hydrogen-bond acceptors (Lipinski definition) is 5. The molecule has 1 aromatic heterocycles. The van der Waals surface area contributed by atoms with Crippen molar-refractivity contribution in [3.8, 4) is 5.75 Å². The number of halogens is 2. The van der Waals surface area contributed by atoms with Gasteiger partial charge in [0.1, 0.15) is 12.4 Å². The van der Waals surface area contributed by atoms with Gasteiger partial charge in [-0.1, -0.05) is 24.6 Å². The first-order chi connectivity index (χ1) is 13.7. The number of amides is 1. The van der Waals surface area contributed by atoms with Crippen LogP contribution < -0.4 is 15.8 Å². The zero-order valence-corrected chi connectivity index (χ0v) is 18.8. The summed E-state index contributed by atoms with van der Waals surface area (Å²) in [6, 6.07) is 12.6. The summed E-state index contributed by atoms with van der Waals surface area (Å²) >= 11 is 0. The Labute approximate surface area is 191 Å². The van der Waals surface area contributed by atoms with Gasteiger partial charge in [0.2, 0.25) is 5.91 Å². The van der Waals surface area contributed by atoms with E-state index in [0.29, 0.717) is 32.2 Å². The van der Waals surface area contributed by atoms with E-state index in [9.17, 15) is 4.79 Å². The van der Waals surface area contributed by atoms with Crippen LogP contribution in [0.2, 0.25) is 0 Å². The van der Waals surface area contributed by atoms with E-state index in [2.05, 4.69) is 27.3 Å². The maximum atomic E-state index is 11.7. The van der Waals surface area contributed by atoms with Gasteiger partial charge in [-0.25, -0.2) is 0 Å². The lowest BCUT2D eigenvalue weighted by Gasteiger charge is -2.36. The lowest BCUT2D eigenvalue weighted by molar-refractivity contribution is -0.121. The first-order valence-corrected chi connectivity index (χ1v) is 10.1. The Morgan fingerprint density at radius 2 is 1.97 bits per heavy atom. The van der Waals surface area contributed by atoms with E-state index in [0.717, 1.165) is 30.8 Å². The zero-order valence-electron chi connectivity index (χ0n) is 17.2. The summed E-state index contributed by atoms with van der Waals surface area (Å²) in [5.41, 5.74) is 7.76. The minimum Gasteiger partial charge on any atom is -0.489 e. The molecule has 1 aromatic carbocycles. The number of pyridine rings is 1. The van der Waals surface area contributed by atoms with E-state index in [4.69, 9.17) is 10.5 Å². The van der Waals surface area contributed by atoms with Crippen molar-refractivity contribution in [2.24, 2.45) is 5.73 Å². The Balaban J connectivity index is 0.00000225. The standard InChI is InChI=1S/C22H30N4O2.2ClH/c23-11-10-22(27)25-15-20-5-1-2-13-26(20)16-18-6-8-21(9-7-18)28-17-19-4-3-12-24-14-19;;/h3-4,6-9,12,14,20H,1-2,5,10-11,13,15-17,23H2,(H,25,27);2*1H. The second-order valence-corrected chi connectivity index (χ2v) is 7.26. The molecular formula is C22H32Cl2N4O2. The molecule has 0 bridgehead atoms. The summed E-state index contributed by atoms with van der Waals surface area (Å²) in [6.45, 7) is 3.57. The highest BCUT2D eigenvalue weighted by Gasteiger charge is 2.22. The molecule has 8 heteroatoms. The molecule has 1 aliphatic heterocycles. The van der Waals surface area contributed by atoms with Crippen LogP contribution in [0, 0.1) is 0 Å². The zero-order chi connectivity index (χ0) is 19.6. The number of ether oxygens (including phenoxy) is 1. The molecule has 30 heavy (non-hydrogen) atoms. The molecule has 0 saturated carbocycles. The maximum absolute atomic E-state index is 11.7. The minimum absolute atomic E-state index is 0. The Morgan fingerprint density at radius 1 is 1.17 bits per heavy atom. The number of hydrogen-bond donors (Lipinski definition) is 2. The largest absolute Gasteiger partial charge is 0.489 e. The highest BCUT2D eigenvalue weighted by molar-refractivity contribution is 5.85. The van der Waals surface area contributed by atoms with Crippen LogP contribution in [-0.4, -0.2) is 41.5 Å². The normalized spacial score (nSPS) is 16.1. The highest BCUT2D eigenvalue weighted by Crippen LogP contribution is 2.21. The average molecular weight is 455 g/mol. The van der Waals surface area contributed by atoms with Gasteiger partial charge < -0.3 is 15.8 Å². The number of piperidine rings is 1. The molecular weight excluding hydrogens is 423 g/mol. The number of rotatable bonds is 9. The Bertz CT molecular complexity index is 732. The minimum atomic E-state index is 0. The van der Waals surface area contributed by atoms with Crippen molar-refractivity contribution >= 4 is 30.7 Å². The van der Waals surface area contributed by atoms with E-state index in [-0.39, 0.29) is 30.7 Å². The average Bonchev–Trinajstić information content (AvgIpc) is 2.74. The SMILES string of the molecule is Cl.Cl.NCCC(=O)NCC1CCCCN1Cc1ccc(OCc2cccnc2)cc1. The summed E-state index contributed by atoms with van der Waals surface area (Å²) in [7, 11) is 0. The summed E-state index contributed by atoms with van der Waals surface area (Å²) in [5.74, 6) is 0.903. The summed E-state index contributed by atoms with van der Waals surface area (Å²) in [5, 5.41) is 3.02. The fraction of sp³-hybridized carbons (Fsp3) is 0.455. The van der Waals surface area contributed by atoms with Crippen molar-refractivity contribution in [3.63, 3.8) is 0 Å². The molecule has 1 saturated heterocycles. The van der Waals surface area contributed by atoms with Crippen molar-refractivity contribution < 1.29 is 9.53 Å². The van der Waals surface area contributed by atoms with Gasteiger partial charge in [-0.15, -0.1) is 24.8 Å². The number of nitrogens with two attached hydrogens (primary N) is 1. The number of likely N-dealkylation sites (tertiary alicyclic amines) is 1. The van der Waals surface area contributed by atoms with Gasteiger partial charge in [-0.05, 0) is 43.1 Å². The van der Waals surface area contributed by atoms with Crippen LogP contribution in [0.25, 0.3) is 0 Å². The van der Waals surface area contributed by atoms with E-state index >= 15 is 0 Å². The molecule has 0 radical (unpaired) electrons. The first kappa shape index (κ1) is 26.2. The predicted octanol–water partition coefficient (Wildman–Crippen LogP) is 3.32. The van der Waals surface area contributed by atoms with Crippen molar-refractivity contribution in [2.45, 2.75) is 44.9 Å². The maximum Gasteiger partial charge on any atom is 0.221 e. The monoisotopic (exact) mass is 454 g/mol. The van der Waals surface area contributed by atoms with Crippen LogP contribution in [0.15, 0.2) is 48.8 Å². The van der Waals surface area contributed by atoms with Gasteiger partial charge >= 0.3 is 0 Å². The molecule has 0 spiro atoms. The van der Waals surface area contributed by atoms with Crippen molar-refractivity contribution in [3.05, 3.63) is 59.9 Å². The van der Waals surface area contributed by atoms with Crippen molar-refractivity contribution in [2.75, 3.05) is 19.6 Å². The fourth-order valence-corrected chi connectivity index (χ4v) is 3.53. The molecule has 1 aliphatic rings. The van der Waals surface area contributed by atoms with E-state index < -0.39 is 0 Å². The molecule has 1 atom stereocenters. The highest BCUT2D eigenvalue weighted by atomic mass is 35.5. The third-order valence-corrected chi connectivity index (χ3v) is 5.09. The van der Waals surface area contributed by atoms with Crippen LogP contribution in [-0.2, 0) is 17.9 Å². The molecule has 6 nitrogen and oxygen atoms in total. The molecule has 1 fully saturated rings. The van der Waals surface area contributed by atoms with Gasteiger partial charge in [-0.3, -0.25) is 14.7 Å². The first-order valence-electron chi connectivity index (χ1n) is 10.1. The van der Waals surface area contributed by atoms with Gasteiger partial charge in [-0.2, -0.15) is 0 Å². The van der Waals surface area contributed by atoms with E-state index in [1.165, 1.54) is 18.4 Å². The molecule has 2 heterocycles. The summed E-state index contributed by atoms with van der Waals surface area (Å²) in [4.78, 5) is 18.3. The number of nitrogens with one attached hydrogen (secondary N) is 1. The van der Waals surface area contributed by atoms with Crippen LogP contribution in [0.3, 0.4) is 0 Å². The predicted molar refractivity (Wildman–Crippen MR) is 124 cm³/mol. The van der Waals surface area contributed by atoms with E-state index in [1.807, 2.05) is 30.5 Å². The number of nitrogens with zero attached hydrogens (tertiary/aromatic N) is 2. The fourth-order valence-electron chi connectivity index (χ4n) is 3.53. The van der Waals surface area contributed by atoms with Gasteiger partial charge in [0, 0.05) is 50.1 Å². The number of aromatic nitrogens is 1. The van der Waals surface area contributed by atoms with Crippen molar-refractivity contribution in [1.29, 1.82) is 0 Å². The molecule has 1 amide bonds. The lowest BCUT2D eigenvalue weighted by Crippen LogP contribution is -2.46. The lowest BCUT2D eigenvalue weighted by atomic mass is 10.0. The van der Waals surface area contributed by atoms with Crippen molar-refractivity contribution in [1.82, 2.24) is 15.2 Å². The van der Waals surface area contributed by atoms with Crippen LogP contribution in [0.1, 0.15) is 36.8 Å². The number of carbonyl (C=O) groups is 1. The molecule has 2 aromatic rings. The summed E-state index contributed by atoms with van der Waals surface area (Å²) < 4.78 is 5.83. The number of benzene rings is 1. The van der Waals surface area contributed by atoms with Crippen LogP contribution in [0.4, 0.5) is 0 Å². The molecule has 0 aliphatic carbocycles. The second-order valence-electron chi connectivity index (χ2n) is 7.26. The quantitative estimate of drug-likeness (QED) is 0.607. The number of carbonyl (C=O) groups excluding carboxylic acids is 1. The summed E-state index contributed by atoms with van der Waals surface area (Å²) in [6.07, 6.45) is 7.52. The van der Waals surface area contributed by atoms with Crippen LogP contribution in [0.5, 0.6) is 5.75 Å². The second kappa shape index (κ2) is 14.2. The van der Waals surface area contributed by atoms with E-state index in [1.54, 1.807) is 6.20 Å². The Kier molecular flexibility index (Phi) is 12.4. The Morgan fingerprint density at radius 3 is 2.67 bits per heavy atom. The van der Waals surface area contributed by atoms with Gasteiger partial charge in [0.15, 0.2) is 0 Å². The van der Waals surface area contributed by atoms with Gasteiger partial charge in [0.25, 0.3) is 0 Å². The Hall–Kier alpha value is -1.86. The molecule has 3 rings (SSSR count). The molecule has 1 unspecified atom stereocenters. The van der Waals surface area contributed by atoms with Gasteiger partial charge in [0.05, 0.1) is 0 Å². The third kappa shape index (κ3) is 8.48.